The van der Waals surface area contributed by atoms with Crippen molar-refractivity contribution in [2.24, 2.45) is 11.7 Å². The molecule has 0 spiro atoms. The summed E-state index contributed by atoms with van der Waals surface area (Å²) in [5.74, 6) is -0.743. The molecule has 1 amide bonds. The van der Waals surface area contributed by atoms with E-state index >= 15 is 0 Å². The van der Waals surface area contributed by atoms with Crippen molar-refractivity contribution in [1.29, 1.82) is 0 Å². The molecule has 0 saturated heterocycles. The molecule has 0 aromatic carbocycles. The third-order valence-corrected chi connectivity index (χ3v) is 4.43. The maximum atomic E-state index is 12.5. The molecule has 0 unspecified atom stereocenters. The van der Waals surface area contributed by atoms with Gasteiger partial charge in [0.2, 0.25) is 15.9 Å². The van der Waals surface area contributed by atoms with Crippen LogP contribution in [0, 0.1) is 5.92 Å². The summed E-state index contributed by atoms with van der Waals surface area (Å²) in [5, 5.41) is 3.91. The second-order valence-corrected chi connectivity index (χ2v) is 6.80. The Labute approximate surface area is 118 Å². The Morgan fingerprint density at radius 1 is 1.50 bits per heavy atom. The van der Waals surface area contributed by atoms with Crippen molar-refractivity contribution in [2.75, 3.05) is 18.8 Å². The lowest BCUT2D eigenvalue weighted by molar-refractivity contribution is -0.118. The van der Waals surface area contributed by atoms with Gasteiger partial charge >= 0.3 is 0 Å². The Morgan fingerprint density at radius 2 is 2.10 bits per heavy atom. The Bertz CT molecular complexity index is 579. The summed E-state index contributed by atoms with van der Waals surface area (Å²) in [7, 11) is -3.89. The average Bonchev–Trinajstić information content (AvgIpc) is 2.69. The first-order chi connectivity index (χ1) is 9.18. The molecule has 20 heavy (non-hydrogen) atoms. The number of aryl methyl sites for hydroxylation is 1. The van der Waals surface area contributed by atoms with Gasteiger partial charge in [0, 0.05) is 19.3 Å². The Balaban J connectivity index is 3.20. The van der Waals surface area contributed by atoms with E-state index in [1.54, 1.807) is 0 Å². The average molecular weight is 303 g/mol. The molecule has 0 atom stereocenters. The Morgan fingerprint density at radius 3 is 2.50 bits per heavy atom. The number of aromatic nitrogens is 2. The summed E-state index contributed by atoms with van der Waals surface area (Å²) in [6, 6.07) is 0. The first kappa shape index (κ1) is 16.4. The van der Waals surface area contributed by atoms with E-state index in [0.29, 0.717) is 6.54 Å². The van der Waals surface area contributed by atoms with Gasteiger partial charge in [0.25, 0.3) is 0 Å². The number of amides is 1. The largest absolute Gasteiger partial charge is 0.381 e. The van der Waals surface area contributed by atoms with Crippen molar-refractivity contribution < 1.29 is 13.2 Å². The second kappa shape index (κ2) is 6.23. The summed E-state index contributed by atoms with van der Waals surface area (Å²) in [6.45, 7) is 5.82. The molecule has 1 aromatic heterocycles. The maximum absolute atomic E-state index is 12.5. The summed E-state index contributed by atoms with van der Waals surface area (Å²) >= 11 is 0. The predicted molar refractivity (Wildman–Crippen MR) is 75.1 cm³/mol. The summed E-state index contributed by atoms with van der Waals surface area (Å²) in [5.41, 5.74) is 10.8. The molecule has 0 aliphatic heterocycles. The third kappa shape index (κ3) is 3.70. The highest BCUT2D eigenvalue weighted by Gasteiger charge is 2.30. The van der Waals surface area contributed by atoms with E-state index in [9.17, 15) is 13.2 Å². The Hall–Kier alpha value is -1.61. The highest BCUT2D eigenvalue weighted by molar-refractivity contribution is 7.89. The van der Waals surface area contributed by atoms with Crippen LogP contribution in [-0.4, -0.2) is 41.5 Å². The normalized spacial score (nSPS) is 12.2. The fraction of sp³-hybridized carbons (Fsp3) is 0.636. The highest BCUT2D eigenvalue weighted by atomic mass is 32.2. The zero-order chi connectivity index (χ0) is 15.5. The number of anilines is 1. The van der Waals surface area contributed by atoms with Crippen LogP contribution in [-0.2, 0) is 21.4 Å². The number of nitrogens with two attached hydrogens (primary N) is 2. The zero-order valence-electron chi connectivity index (χ0n) is 11.9. The van der Waals surface area contributed by atoms with Crippen LogP contribution in [0.4, 0.5) is 5.82 Å². The van der Waals surface area contributed by atoms with Gasteiger partial charge in [-0.05, 0) is 12.8 Å². The Kier molecular flexibility index (Phi) is 5.12. The van der Waals surface area contributed by atoms with E-state index in [0.717, 1.165) is 4.31 Å². The number of hydrogen-bond acceptors (Lipinski definition) is 5. The summed E-state index contributed by atoms with van der Waals surface area (Å²) in [4.78, 5) is 11.0. The van der Waals surface area contributed by atoms with Crippen LogP contribution >= 0.6 is 0 Å². The van der Waals surface area contributed by atoms with E-state index in [-0.39, 0.29) is 29.7 Å². The number of rotatable bonds is 7. The molecule has 0 aliphatic carbocycles. The molecule has 0 radical (unpaired) electrons. The van der Waals surface area contributed by atoms with E-state index in [1.165, 1.54) is 10.9 Å². The molecular formula is C11H21N5O3S. The van der Waals surface area contributed by atoms with Crippen LogP contribution in [0.25, 0.3) is 0 Å². The quantitative estimate of drug-likeness (QED) is 0.710. The van der Waals surface area contributed by atoms with Crippen molar-refractivity contribution in [3.05, 3.63) is 6.20 Å². The number of primary amides is 1. The van der Waals surface area contributed by atoms with Crippen LogP contribution in [0.15, 0.2) is 11.1 Å². The molecule has 0 bridgehead atoms. The molecule has 1 rings (SSSR count). The van der Waals surface area contributed by atoms with Crippen LogP contribution in [0.5, 0.6) is 0 Å². The number of sulfonamides is 1. The van der Waals surface area contributed by atoms with Crippen LogP contribution in [0.2, 0.25) is 0 Å². The van der Waals surface area contributed by atoms with Crippen LogP contribution in [0.3, 0.4) is 0 Å². The van der Waals surface area contributed by atoms with Crippen molar-refractivity contribution in [3.63, 3.8) is 0 Å². The minimum absolute atomic E-state index is 0.0477. The minimum Gasteiger partial charge on any atom is -0.381 e. The van der Waals surface area contributed by atoms with Crippen molar-refractivity contribution >= 4 is 21.7 Å². The first-order valence-corrected chi connectivity index (χ1v) is 7.73. The van der Waals surface area contributed by atoms with Crippen LogP contribution in [0.1, 0.15) is 20.8 Å². The molecular weight excluding hydrogens is 282 g/mol. The van der Waals surface area contributed by atoms with Gasteiger partial charge in [-0.3, -0.25) is 9.48 Å². The van der Waals surface area contributed by atoms with Gasteiger partial charge in [-0.1, -0.05) is 13.8 Å². The van der Waals surface area contributed by atoms with E-state index in [4.69, 9.17) is 11.5 Å². The summed E-state index contributed by atoms with van der Waals surface area (Å²) < 4.78 is 27.5. The van der Waals surface area contributed by atoms with Crippen LogP contribution < -0.4 is 11.5 Å². The standard InChI is InChI=1S/C11H21N5O3S/c1-4-15-6-9(11(13)14-15)20(18,19)16(5-8(2)3)7-10(12)17/h6,8H,4-5,7H2,1-3H3,(H2,12,17)(H2,13,14). The second-order valence-electron chi connectivity index (χ2n) is 4.89. The van der Waals surface area contributed by atoms with Gasteiger partial charge in [-0.2, -0.15) is 9.40 Å². The van der Waals surface area contributed by atoms with Gasteiger partial charge in [0.05, 0.1) is 6.54 Å². The van der Waals surface area contributed by atoms with Gasteiger partial charge in [0.15, 0.2) is 5.82 Å². The number of carbonyl (C=O) groups excluding carboxylic acids is 1. The fourth-order valence-corrected chi connectivity index (χ4v) is 3.38. The minimum atomic E-state index is -3.89. The number of nitrogen functional groups attached to an aromatic ring is 1. The van der Waals surface area contributed by atoms with Gasteiger partial charge < -0.3 is 11.5 Å². The molecule has 0 saturated carbocycles. The lowest BCUT2D eigenvalue weighted by Crippen LogP contribution is -2.40. The topological polar surface area (TPSA) is 124 Å². The molecule has 8 nitrogen and oxygen atoms in total. The number of nitrogens with zero attached hydrogens (tertiary/aromatic N) is 3. The van der Waals surface area contributed by atoms with Crippen molar-refractivity contribution in [1.82, 2.24) is 14.1 Å². The molecule has 1 aromatic rings. The van der Waals surface area contributed by atoms with E-state index < -0.39 is 15.9 Å². The smallest absolute Gasteiger partial charge is 0.248 e. The monoisotopic (exact) mass is 303 g/mol. The van der Waals surface area contributed by atoms with Crippen molar-refractivity contribution in [2.45, 2.75) is 32.2 Å². The molecule has 114 valence electrons. The lowest BCUT2D eigenvalue weighted by Gasteiger charge is -2.21. The lowest BCUT2D eigenvalue weighted by atomic mass is 10.2. The number of hydrogen-bond donors (Lipinski definition) is 2. The summed E-state index contributed by atoms with van der Waals surface area (Å²) in [6.07, 6.45) is 1.36. The van der Waals surface area contributed by atoms with Gasteiger partial charge in [0.1, 0.15) is 4.90 Å². The predicted octanol–water partition coefficient (Wildman–Crippen LogP) is -0.383. The SMILES string of the molecule is CCn1cc(S(=O)(=O)N(CC(N)=O)CC(C)C)c(N)n1. The first-order valence-electron chi connectivity index (χ1n) is 6.29. The van der Waals surface area contributed by atoms with Crippen molar-refractivity contribution in [3.8, 4) is 0 Å². The fourth-order valence-electron chi connectivity index (χ4n) is 1.75. The molecule has 0 fully saturated rings. The molecule has 9 heteroatoms. The molecule has 1 heterocycles. The van der Waals surface area contributed by atoms with Gasteiger partial charge in [-0.25, -0.2) is 8.42 Å². The maximum Gasteiger partial charge on any atom is 0.248 e. The molecule has 0 aliphatic rings. The molecule has 4 N–H and O–H groups in total. The van der Waals surface area contributed by atoms with E-state index in [1.807, 2.05) is 20.8 Å². The van der Waals surface area contributed by atoms with E-state index in [2.05, 4.69) is 5.10 Å². The third-order valence-electron chi connectivity index (χ3n) is 2.60. The zero-order valence-corrected chi connectivity index (χ0v) is 12.7. The number of carbonyl (C=O) groups is 1. The van der Waals surface area contributed by atoms with Gasteiger partial charge in [-0.15, -0.1) is 0 Å². The highest BCUT2D eigenvalue weighted by Crippen LogP contribution is 2.21.